The number of hydrogen-bond acceptors (Lipinski definition) is 2. The maximum atomic E-state index is 12.0. The summed E-state index contributed by atoms with van der Waals surface area (Å²) in [5.74, 6) is 5.08. The molecule has 0 spiro atoms. The first-order chi connectivity index (χ1) is 14.4. The lowest BCUT2D eigenvalue weighted by Gasteiger charge is -2.62. The van der Waals surface area contributed by atoms with Crippen LogP contribution in [-0.4, -0.2) is 16.3 Å². The van der Waals surface area contributed by atoms with E-state index in [1.165, 1.54) is 51.4 Å². The van der Waals surface area contributed by atoms with Crippen LogP contribution in [0.1, 0.15) is 125 Å². The van der Waals surface area contributed by atoms with Gasteiger partial charge in [0.15, 0.2) is 0 Å². The minimum absolute atomic E-state index is 0.382. The third-order valence-electron chi connectivity index (χ3n) is 11.7. The number of rotatable bonds is 6. The molecule has 1 N–H and O–H groups in total. The van der Waals surface area contributed by atoms with Crippen molar-refractivity contribution in [3.8, 4) is 0 Å². The summed E-state index contributed by atoms with van der Waals surface area (Å²) >= 11 is 0. The zero-order valence-corrected chi connectivity index (χ0v) is 21.5. The van der Waals surface area contributed by atoms with Gasteiger partial charge in [-0.25, -0.2) is 0 Å². The van der Waals surface area contributed by atoms with Gasteiger partial charge in [0.1, 0.15) is 0 Å². The van der Waals surface area contributed by atoms with Crippen molar-refractivity contribution in [2.45, 2.75) is 136 Å². The Morgan fingerprint density at radius 1 is 0.968 bits per heavy atom. The van der Waals surface area contributed by atoms with Crippen molar-refractivity contribution in [1.29, 1.82) is 0 Å². The minimum Gasteiger partial charge on any atom is -0.850 e. The first-order valence-corrected chi connectivity index (χ1v) is 13.8. The van der Waals surface area contributed by atoms with Crippen molar-refractivity contribution in [1.82, 2.24) is 0 Å². The summed E-state index contributed by atoms with van der Waals surface area (Å²) in [5.41, 5.74) is -0.157. The Labute approximate surface area is 193 Å². The van der Waals surface area contributed by atoms with Crippen LogP contribution < -0.4 is 5.11 Å². The largest absolute Gasteiger partial charge is 0.850 e. The molecular formula is C29H51O2-. The zero-order valence-electron chi connectivity index (χ0n) is 21.5. The summed E-state index contributed by atoms with van der Waals surface area (Å²) in [7, 11) is 0. The molecule has 0 saturated heterocycles. The van der Waals surface area contributed by atoms with Gasteiger partial charge in [-0.3, -0.25) is 0 Å². The Morgan fingerprint density at radius 2 is 1.68 bits per heavy atom. The summed E-state index contributed by atoms with van der Waals surface area (Å²) < 4.78 is 0. The van der Waals surface area contributed by atoms with Crippen molar-refractivity contribution >= 4 is 0 Å². The van der Waals surface area contributed by atoms with Crippen molar-refractivity contribution in [3.63, 3.8) is 0 Å². The van der Waals surface area contributed by atoms with Gasteiger partial charge in [-0.15, -0.1) is 5.60 Å². The molecule has 180 valence electrons. The lowest BCUT2D eigenvalue weighted by atomic mass is 9.43. The molecule has 0 unspecified atom stereocenters. The Hall–Kier alpha value is -0.0800. The van der Waals surface area contributed by atoms with Crippen LogP contribution in [0.3, 0.4) is 0 Å². The van der Waals surface area contributed by atoms with Gasteiger partial charge in [0, 0.05) is 0 Å². The second-order valence-electron chi connectivity index (χ2n) is 13.8. The molecule has 0 aliphatic heterocycles. The molecule has 0 bridgehead atoms. The average Bonchev–Trinajstić information content (AvgIpc) is 3.05. The van der Waals surface area contributed by atoms with E-state index >= 15 is 0 Å². The van der Waals surface area contributed by atoms with Crippen LogP contribution in [0.4, 0.5) is 0 Å². The quantitative estimate of drug-likeness (QED) is 0.506. The van der Waals surface area contributed by atoms with Crippen LogP contribution in [0.25, 0.3) is 0 Å². The Balaban J connectivity index is 1.45. The highest BCUT2D eigenvalue weighted by atomic mass is 16.3. The lowest BCUT2D eigenvalue weighted by Crippen LogP contribution is -2.56. The predicted molar refractivity (Wildman–Crippen MR) is 128 cm³/mol. The normalized spacial score (nSPS) is 48.6. The highest BCUT2D eigenvalue weighted by molar-refractivity contribution is 5.10. The van der Waals surface area contributed by atoms with Crippen LogP contribution in [0, 0.1) is 46.3 Å². The fourth-order valence-corrected chi connectivity index (χ4v) is 9.67. The molecule has 4 rings (SSSR count). The van der Waals surface area contributed by atoms with Gasteiger partial charge in [0.25, 0.3) is 0 Å². The Kier molecular flexibility index (Phi) is 6.44. The van der Waals surface area contributed by atoms with Gasteiger partial charge < -0.3 is 10.2 Å². The summed E-state index contributed by atoms with van der Waals surface area (Å²) in [6.07, 6.45) is 15.9. The molecule has 31 heavy (non-hydrogen) atoms. The minimum atomic E-state index is -0.766. The van der Waals surface area contributed by atoms with Crippen LogP contribution >= 0.6 is 0 Å². The molecular weight excluding hydrogens is 380 g/mol. The van der Waals surface area contributed by atoms with Crippen LogP contribution in [-0.2, 0) is 0 Å². The smallest absolute Gasteiger partial charge is 0.0648 e. The van der Waals surface area contributed by atoms with E-state index in [4.69, 9.17) is 0 Å². The molecule has 9 atom stereocenters. The summed E-state index contributed by atoms with van der Waals surface area (Å²) in [6.45, 7) is 13.6. The Bertz CT molecular complexity index is 637. The van der Waals surface area contributed by atoms with E-state index < -0.39 is 5.60 Å². The molecule has 0 heterocycles. The zero-order chi connectivity index (χ0) is 22.7. The molecule has 0 radical (unpaired) electrons. The molecule has 2 heteroatoms. The van der Waals surface area contributed by atoms with Gasteiger partial charge >= 0.3 is 0 Å². The van der Waals surface area contributed by atoms with E-state index in [9.17, 15) is 10.2 Å². The monoisotopic (exact) mass is 431 g/mol. The molecule has 4 aliphatic rings. The standard InChI is InChI=1S/C29H51O2/c1-7-29(31)18-17-27(5)21(19-29)10-11-22-24-13-12-23(28(24,6)16-14-25(22)27)20(2)9-8-15-26(3,4)30/h20-25,31H,7-19H2,1-6H3/q-1/t20-,21+,22+,23-,24+,25+,27+,28-,29+/m1/s1. The lowest BCUT2D eigenvalue weighted by molar-refractivity contribution is -0.467. The number of hydrogen-bond donors (Lipinski definition) is 1. The second-order valence-corrected chi connectivity index (χ2v) is 13.8. The predicted octanol–water partition coefficient (Wildman–Crippen LogP) is 6.73. The maximum Gasteiger partial charge on any atom is 0.0648 e. The van der Waals surface area contributed by atoms with Gasteiger partial charge in [0.05, 0.1) is 5.60 Å². The molecule has 0 amide bonds. The van der Waals surface area contributed by atoms with Crippen molar-refractivity contribution < 1.29 is 10.2 Å². The molecule has 2 nitrogen and oxygen atoms in total. The summed E-state index contributed by atoms with van der Waals surface area (Å²) in [4.78, 5) is 0. The van der Waals surface area contributed by atoms with Crippen molar-refractivity contribution in [2.24, 2.45) is 46.3 Å². The summed E-state index contributed by atoms with van der Waals surface area (Å²) in [5, 5.41) is 23.1. The van der Waals surface area contributed by atoms with Gasteiger partial charge in [-0.2, -0.15) is 0 Å². The third-order valence-corrected chi connectivity index (χ3v) is 11.7. The average molecular weight is 432 g/mol. The fraction of sp³-hybridized carbons (Fsp3) is 1.00. The van der Waals surface area contributed by atoms with Gasteiger partial charge in [-0.1, -0.05) is 60.8 Å². The van der Waals surface area contributed by atoms with Crippen molar-refractivity contribution in [2.75, 3.05) is 0 Å². The highest BCUT2D eigenvalue weighted by Gasteiger charge is 2.61. The highest BCUT2D eigenvalue weighted by Crippen LogP contribution is 2.69. The van der Waals surface area contributed by atoms with E-state index in [0.717, 1.165) is 67.6 Å². The summed E-state index contributed by atoms with van der Waals surface area (Å²) in [6, 6.07) is 0. The Morgan fingerprint density at radius 3 is 2.35 bits per heavy atom. The number of fused-ring (bicyclic) bond motifs is 5. The van der Waals surface area contributed by atoms with E-state index in [0.29, 0.717) is 10.8 Å². The molecule has 4 saturated carbocycles. The van der Waals surface area contributed by atoms with E-state index in [-0.39, 0.29) is 5.60 Å². The molecule has 0 aromatic carbocycles. The fourth-order valence-electron chi connectivity index (χ4n) is 9.67. The first kappa shape index (κ1) is 24.1. The number of aliphatic hydroxyl groups is 1. The SMILES string of the molecule is CC[C@]1(O)CC[C@@]2(C)[C@@H](CC[C@@H]3[C@@H]2CC[C@]2(C)[C@@H]([C@H](C)CCCC(C)(C)[O-])CC[C@@H]32)C1. The van der Waals surface area contributed by atoms with E-state index in [2.05, 4.69) is 27.7 Å². The van der Waals surface area contributed by atoms with Gasteiger partial charge in [-0.05, 0) is 111 Å². The van der Waals surface area contributed by atoms with Crippen LogP contribution in [0.15, 0.2) is 0 Å². The van der Waals surface area contributed by atoms with E-state index in [1.54, 1.807) is 0 Å². The van der Waals surface area contributed by atoms with E-state index in [1.807, 2.05) is 13.8 Å². The molecule has 4 aliphatic carbocycles. The van der Waals surface area contributed by atoms with Crippen molar-refractivity contribution in [3.05, 3.63) is 0 Å². The first-order valence-electron chi connectivity index (χ1n) is 13.8. The van der Waals surface area contributed by atoms with Gasteiger partial charge in [0.2, 0.25) is 0 Å². The topological polar surface area (TPSA) is 43.3 Å². The van der Waals surface area contributed by atoms with Crippen LogP contribution in [0.5, 0.6) is 0 Å². The molecule has 4 fully saturated rings. The molecule has 0 aromatic rings. The maximum absolute atomic E-state index is 12.0. The van der Waals surface area contributed by atoms with Crippen LogP contribution in [0.2, 0.25) is 0 Å². The molecule has 0 aromatic heterocycles. The second kappa shape index (κ2) is 8.30. The third kappa shape index (κ3) is 4.27.